The molecule has 0 unspecified atom stereocenters. The number of hydrogen-bond acceptors (Lipinski definition) is 5. The fraction of sp³-hybridized carbons (Fsp3) is 0.190. The molecule has 1 heterocycles. The largest absolute Gasteiger partial charge is 0.355 e. The first-order valence-corrected chi connectivity index (χ1v) is 10.6. The van der Waals surface area contributed by atoms with E-state index in [1.165, 1.54) is 0 Å². The van der Waals surface area contributed by atoms with E-state index in [0.29, 0.717) is 16.8 Å². The van der Waals surface area contributed by atoms with Crippen LogP contribution in [0.2, 0.25) is 0 Å². The molecular formula is C21H21N3O2S2. The van der Waals surface area contributed by atoms with Crippen LogP contribution in [0.4, 0.5) is 5.69 Å². The van der Waals surface area contributed by atoms with E-state index in [4.69, 9.17) is 0 Å². The molecule has 2 amide bonds. The van der Waals surface area contributed by atoms with Crippen molar-refractivity contribution in [1.29, 1.82) is 0 Å². The number of carbonyl (C=O) groups is 2. The van der Waals surface area contributed by atoms with E-state index in [0.717, 1.165) is 26.9 Å². The van der Waals surface area contributed by atoms with E-state index < -0.39 is 0 Å². The van der Waals surface area contributed by atoms with Crippen LogP contribution in [0.15, 0.2) is 52.7 Å². The SMILES string of the molecule is CNC(=O)c1ccc(C)c(NC(=O)c2ccc(SCc3csc(C)n3)cc2)c1. The standard InChI is InChI=1S/C21H21N3O2S2/c1-13-4-5-16(20(25)22-3)10-19(13)24-21(26)15-6-8-18(9-7-15)28-12-17-11-27-14(2)23-17/h4-11H,12H2,1-3H3,(H,22,25)(H,24,26). The smallest absolute Gasteiger partial charge is 0.255 e. The molecule has 0 saturated carbocycles. The number of benzene rings is 2. The van der Waals surface area contributed by atoms with Gasteiger partial charge < -0.3 is 10.6 Å². The number of carbonyl (C=O) groups excluding carboxylic acids is 2. The van der Waals surface area contributed by atoms with E-state index in [-0.39, 0.29) is 11.8 Å². The van der Waals surface area contributed by atoms with E-state index in [9.17, 15) is 9.59 Å². The molecule has 0 aliphatic carbocycles. The Balaban J connectivity index is 1.65. The maximum atomic E-state index is 12.6. The van der Waals surface area contributed by atoms with Crippen molar-refractivity contribution >= 4 is 40.6 Å². The number of nitrogens with one attached hydrogen (secondary N) is 2. The Morgan fingerprint density at radius 1 is 1.04 bits per heavy atom. The molecule has 2 N–H and O–H groups in total. The van der Waals surface area contributed by atoms with Gasteiger partial charge in [-0.1, -0.05) is 6.07 Å². The minimum atomic E-state index is -0.205. The fourth-order valence-corrected chi connectivity index (χ4v) is 4.08. The Kier molecular flexibility index (Phi) is 6.49. The molecule has 1 aromatic heterocycles. The second-order valence-electron chi connectivity index (χ2n) is 6.23. The molecule has 7 heteroatoms. The van der Waals surface area contributed by atoms with Crippen LogP contribution in [0.25, 0.3) is 0 Å². The van der Waals surface area contributed by atoms with Gasteiger partial charge in [0, 0.05) is 39.9 Å². The number of aromatic nitrogens is 1. The quantitative estimate of drug-likeness (QED) is 0.579. The van der Waals surface area contributed by atoms with Gasteiger partial charge in [-0.15, -0.1) is 23.1 Å². The average molecular weight is 412 g/mol. The van der Waals surface area contributed by atoms with Gasteiger partial charge in [0.05, 0.1) is 10.7 Å². The highest BCUT2D eigenvalue weighted by atomic mass is 32.2. The van der Waals surface area contributed by atoms with Crippen molar-refractivity contribution in [2.24, 2.45) is 0 Å². The van der Waals surface area contributed by atoms with E-state index >= 15 is 0 Å². The highest BCUT2D eigenvalue weighted by Gasteiger charge is 2.11. The monoisotopic (exact) mass is 411 g/mol. The molecule has 2 aromatic carbocycles. The third kappa shape index (κ3) is 4.99. The maximum absolute atomic E-state index is 12.6. The Hall–Kier alpha value is -2.64. The summed E-state index contributed by atoms with van der Waals surface area (Å²) in [6, 6.07) is 12.7. The highest BCUT2D eigenvalue weighted by Crippen LogP contribution is 2.24. The number of hydrogen-bond donors (Lipinski definition) is 2. The summed E-state index contributed by atoms with van der Waals surface area (Å²) in [4.78, 5) is 29.9. The molecule has 0 atom stereocenters. The molecule has 5 nitrogen and oxygen atoms in total. The average Bonchev–Trinajstić information content (AvgIpc) is 3.13. The van der Waals surface area contributed by atoms with Gasteiger partial charge in [-0.25, -0.2) is 4.98 Å². The molecule has 0 aliphatic heterocycles. The number of aryl methyl sites for hydroxylation is 2. The molecule has 0 bridgehead atoms. The lowest BCUT2D eigenvalue weighted by molar-refractivity contribution is 0.0961. The minimum absolute atomic E-state index is 0.188. The summed E-state index contributed by atoms with van der Waals surface area (Å²) in [5.74, 6) is 0.414. The number of thioether (sulfide) groups is 1. The Labute approximate surface area is 172 Å². The Morgan fingerprint density at radius 3 is 2.39 bits per heavy atom. The zero-order valence-electron chi connectivity index (χ0n) is 15.9. The third-order valence-electron chi connectivity index (χ3n) is 4.14. The molecule has 144 valence electrons. The van der Waals surface area contributed by atoms with Crippen molar-refractivity contribution in [2.75, 3.05) is 12.4 Å². The van der Waals surface area contributed by atoms with E-state index in [1.807, 2.05) is 44.2 Å². The van der Waals surface area contributed by atoms with Crippen LogP contribution in [-0.2, 0) is 5.75 Å². The van der Waals surface area contributed by atoms with Crippen LogP contribution in [0, 0.1) is 13.8 Å². The van der Waals surface area contributed by atoms with Crippen LogP contribution in [0.5, 0.6) is 0 Å². The van der Waals surface area contributed by atoms with Gasteiger partial charge in [0.15, 0.2) is 0 Å². The summed E-state index contributed by atoms with van der Waals surface area (Å²) in [6.45, 7) is 3.89. The van der Waals surface area contributed by atoms with Crippen molar-refractivity contribution in [3.8, 4) is 0 Å². The summed E-state index contributed by atoms with van der Waals surface area (Å²) in [7, 11) is 1.58. The van der Waals surface area contributed by atoms with Crippen molar-refractivity contribution < 1.29 is 9.59 Å². The maximum Gasteiger partial charge on any atom is 0.255 e. The predicted molar refractivity (Wildman–Crippen MR) is 115 cm³/mol. The first kappa shape index (κ1) is 20.1. The highest BCUT2D eigenvalue weighted by molar-refractivity contribution is 7.98. The van der Waals surface area contributed by atoms with Crippen molar-refractivity contribution in [2.45, 2.75) is 24.5 Å². The molecule has 3 rings (SSSR count). The normalized spacial score (nSPS) is 10.5. The third-order valence-corrected chi connectivity index (χ3v) is 6.01. The van der Waals surface area contributed by atoms with Gasteiger partial charge in [-0.3, -0.25) is 9.59 Å². The summed E-state index contributed by atoms with van der Waals surface area (Å²) in [5.41, 5.74) is 3.67. The Morgan fingerprint density at radius 2 is 1.75 bits per heavy atom. The van der Waals surface area contributed by atoms with Gasteiger partial charge >= 0.3 is 0 Å². The molecule has 0 spiro atoms. The van der Waals surface area contributed by atoms with Gasteiger partial charge in [0.1, 0.15) is 0 Å². The number of anilines is 1. The van der Waals surface area contributed by atoms with Gasteiger partial charge in [-0.05, 0) is 55.8 Å². The van der Waals surface area contributed by atoms with Gasteiger partial charge in [-0.2, -0.15) is 0 Å². The number of amides is 2. The first-order valence-electron chi connectivity index (χ1n) is 8.74. The van der Waals surface area contributed by atoms with Gasteiger partial charge in [0.25, 0.3) is 11.8 Å². The topological polar surface area (TPSA) is 71.1 Å². The zero-order chi connectivity index (χ0) is 20.1. The summed E-state index contributed by atoms with van der Waals surface area (Å²) in [6.07, 6.45) is 0. The number of nitrogens with zero attached hydrogens (tertiary/aromatic N) is 1. The van der Waals surface area contributed by atoms with Crippen LogP contribution < -0.4 is 10.6 Å². The van der Waals surface area contributed by atoms with Gasteiger partial charge in [0.2, 0.25) is 0 Å². The fourth-order valence-electron chi connectivity index (χ4n) is 2.57. The molecule has 0 radical (unpaired) electrons. The second-order valence-corrected chi connectivity index (χ2v) is 8.34. The van der Waals surface area contributed by atoms with Crippen LogP contribution in [-0.4, -0.2) is 23.8 Å². The molecule has 0 aliphatic rings. The summed E-state index contributed by atoms with van der Waals surface area (Å²) < 4.78 is 0. The zero-order valence-corrected chi connectivity index (χ0v) is 17.5. The molecule has 0 saturated heterocycles. The van der Waals surface area contributed by atoms with Crippen LogP contribution in [0.1, 0.15) is 37.0 Å². The molecule has 28 heavy (non-hydrogen) atoms. The van der Waals surface area contributed by atoms with Crippen LogP contribution in [0.3, 0.4) is 0 Å². The molecular weight excluding hydrogens is 390 g/mol. The first-order chi connectivity index (χ1) is 13.5. The number of rotatable bonds is 6. The van der Waals surface area contributed by atoms with E-state index in [1.54, 1.807) is 42.3 Å². The van der Waals surface area contributed by atoms with Crippen molar-refractivity contribution in [1.82, 2.24) is 10.3 Å². The second kappa shape index (κ2) is 9.03. The minimum Gasteiger partial charge on any atom is -0.355 e. The summed E-state index contributed by atoms with van der Waals surface area (Å²) >= 11 is 3.34. The number of thiazole rings is 1. The lowest BCUT2D eigenvalue weighted by atomic mass is 10.1. The lowest BCUT2D eigenvalue weighted by Gasteiger charge is -2.11. The van der Waals surface area contributed by atoms with Crippen LogP contribution >= 0.6 is 23.1 Å². The molecule has 0 fully saturated rings. The predicted octanol–water partition coefficient (Wildman–Crippen LogP) is 4.66. The lowest BCUT2D eigenvalue weighted by Crippen LogP contribution is -2.19. The Bertz CT molecular complexity index is 997. The summed E-state index contributed by atoms with van der Waals surface area (Å²) in [5, 5.41) is 8.61. The van der Waals surface area contributed by atoms with E-state index in [2.05, 4.69) is 21.0 Å². The molecule has 3 aromatic rings. The van der Waals surface area contributed by atoms with Crippen molar-refractivity contribution in [3.63, 3.8) is 0 Å². The van der Waals surface area contributed by atoms with Crippen molar-refractivity contribution in [3.05, 3.63) is 75.2 Å².